The van der Waals surface area contributed by atoms with E-state index in [-0.39, 0.29) is 5.91 Å². The van der Waals surface area contributed by atoms with Gasteiger partial charge in [-0.05, 0) is 37.3 Å². The molecule has 0 unspecified atom stereocenters. The van der Waals surface area contributed by atoms with Crippen LogP contribution in [0.3, 0.4) is 0 Å². The fraction of sp³-hybridized carbons (Fsp3) is 0.154. The average Bonchev–Trinajstić information content (AvgIpc) is 2.70. The van der Waals surface area contributed by atoms with E-state index in [4.69, 9.17) is 27.6 Å². The number of benzene rings is 1. The van der Waals surface area contributed by atoms with E-state index in [1.807, 2.05) is 19.1 Å². The van der Waals surface area contributed by atoms with Crippen molar-refractivity contribution >= 4 is 29.1 Å². The monoisotopic (exact) mass is 283 g/mol. The standard InChI is InChI=1S/C13H11Cl2NO2/c1-8-2-3-12(18-8)7-16-13(17)9-4-10(14)6-11(15)5-9/h2-6H,7H2,1H3,(H,16,17). The smallest absolute Gasteiger partial charge is 0.251 e. The third kappa shape index (κ3) is 3.28. The summed E-state index contributed by atoms with van der Waals surface area (Å²) < 4.78 is 5.35. The number of hydrogen-bond acceptors (Lipinski definition) is 2. The fourth-order valence-corrected chi connectivity index (χ4v) is 2.06. The van der Waals surface area contributed by atoms with Crippen LogP contribution in [0.25, 0.3) is 0 Å². The molecule has 1 aromatic carbocycles. The number of amides is 1. The summed E-state index contributed by atoms with van der Waals surface area (Å²) in [5.74, 6) is 1.27. The number of carbonyl (C=O) groups is 1. The van der Waals surface area contributed by atoms with E-state index in [1.54, 1.807) is 18.2 Å². The fourth-order valence-electron chi connectivity index (χ4n) is 1.53. The molecule has 2 aromatic rings. The van der Waals surface area contributed by atoms with Gasteiger partial charge in [0.2, 0.25) is 0 Å². The van der Waals surface area contributed by atoms with Gasteiger partial charge in [0.25, 0.3) is 5.91 Å². The molecule has 3 nitrogen and oxygen atoms in total. The number of aryl methyl sites for hydroxylation is 1. The Morgan fingerprint density at radius 2 is 1.89 bits per heavy atom. The molecule has 0 spiro atoms. The minimum atomic E-state index is -0.242. The molecule has 1 amide bonds. The first kappa shape index (κ1) is 13.0. The molecule has 2 rings (SSSR count). The van der Waals surface area contributed by atoms with Crippen molar-refractivity contribution in [2.45, 2.75) is 13.5 Å². The number of furan rings is 1. The molecule has 94 valence electrons. The van der Waals surface area contributed by atoms with Gasteiger partial charge in [-0.15, -0.1) is 0 Å². The summed E-state index contributed by atoms with van der Waals surface area (Å²) in [6.07, 6.45) is 0. The first-order valence-electron chi connectivity index (χ1n) is 5.34. The molecular weight excluding hydrogens is 273 g/mol. The summed E-state index contributed by atoms with van der Waals surface area (Å²) in [7, 11) is 0. The highest BCUT2D eigenvalue weighted by Gasteiger charge is 2.08. The summed E-state index contributed by atoms with van der Waals surface area (Å²) in [6, 6.07) is 8.38. The van der Waals surface area contributed by atoms with Crippen molar-refractivity contribution in [1.82, 2.24) is 5.32 Å². The van der Waals surface area contributed by atoms with Crippen LogP contribution in [0, 0.1) is 6.92 Å². The molecule has 0 saturated carbocycles. The topological polar surface area (TPSA) is 42.2 Å². The largest absolute Gasteiger partial charge is 0.465 e. The molecule has 5 heteroatoms. The van der Waals surface area contributed by atoms with Crippen molar-refractivity contribution in [2.75, 3.05) is 0 Å². The minimum absolute atomic E-state index is 0.242. The van der Waals surface area contributed by atoms with Crippen LogP contribution < -0.4 is 5.32 Å². The van der Waals surface area contributed by atoms with Gasteiger partial charge in [-0.25, -0.2) is 0 Å². The molecule has 1 N–H and O–H groups in total. The second-order valence-corrected chi connectivity index (χ2v) is 4.73. The Hall–Kier alpha value is -1.45. The Morgan fingerprint density at radius 1 is 1.22 bits per heavy atom. The molecule has 0 aliphatic carbocycles. The lowest BCUT2D eigenvalue weighted by Crippen LogP contribution is -2.22. The molecule has 0 aliphatic rings. The second-order valence-electron chi connectivity index (χ2n) is 3.85. The predicted octanol–water partition coefficient (Wildman–Crippen LogP) is 3.82. The van der Waals surface area contributed by atoms with Crippen molar-refractivity contribution in [3.8, 4) is 0 Å². The van der Waals surface area contributed by atoms with Crippen LogP contribution >= 0.6 is 23.2 Å². The Labute approximate surface area is 115 Å². The zero-order valence-electron chi connectivity index (χ0n) is 9.67. The third-order valence-corrected chi connectivity index (χ3v) is 2.78. The maximum Gasteiger partial charge on any atom is 0.251 e. The molecule has 0 fully saturated rings. The van der Waals surface area contributed by atoms with E-state index >= 15 is 0 Å². The summed E-state index contributed by atoms with van der Waals surface area (Å²) in [4.78, 5) is 11.9. The van der Waals surface area contributed by atoms with Gasteiger partial charge in [0.15, 0.2) is 0 Å². The highest BCUT2D eigenvalue weighted by atomic mass is 35.5. The first-order valence-corrected chi connectivity index (χ1v) is 6.10. The molecular formula is C13H11Cl2NO2. The predicted molar refractivity (Wildman–Crippen MR) is 71.1 cm³/mol. The maximum absolute atomic E-state index is 11.9. The van der Waals surface area contributed by atoms with Gasteiger partial charge in [0.05, 0.1) is 6.54 Å². The third-order valence-electron chi connectivity index (χ3n) is 2.34. The SMILES string of the molecule is Cc1ccc(CNC(=O)c2cc(Cl)cc(Cl)c2)o1. The molecule has 0 radical (unpaired) electrons. The number of hydrogen-bond donors (Lipinski definition) is 1. The normalized spacial score (nSPS) is 10.4. The Morgan fingerprint density at radius 3 is 2.44 bits per heavy atom. The molecule has 1 aromatic heterocycles. The lowest BCUT2D eigenvalue weighted by atomic mass is 10.2. The van der Waals surface area contributed by atoms with Crippen molar-refractivity contribution in [1.29, 1.82) is 0 Å². The Bertz CT molecular complexity index is 558. The van der Waals surface area contributed by atoms with Crippen molar-refractivity contribution in [3.05, 3.63) is 57.5 Å². The van der Waals surface area contributed by atoms with Crippen LogP contribution in [0.4, 0.5) is 0 Å². The van der Waals surface area contributed by atoms with Gasteiger partial charge in [-0.3, -0.25) is 4.79 Å². The van der Waals surface area contributed by atoms with Crippen LogP contribution in [0.5, 0.6) is 0 Å². The van der Waals surface area contributed by atoms with Gasteiger partial charge in [-0.2, -0.15) is 0 Å². The van der Waals surface area contributed by atoms with Gasteiger partial charge in [0, 0.05) is 15.6 Å². The van der Waals surface area contributed by atoms with Crippen LogP contribution in [0.2, 0.25) is 10.0 Å². The molecule has 0 saturated heterocycles. The molecule has 0 atom stereocenters. The van der Waals surface area contributed by atoms with E-state index in [0.717, 1.165) is 5.76 Å². The molecule has 18 heavy (non-hydrogen) atoms. The Balaban J connectivity index is 2.03. The zero-order chi connectivity index (χ0) is 13.1. The zero-order valence-corrected chi connectivity index (χ0v) is 11.2. The number of rotatable bonds is 3. The minimum Gasteiger partial charge on any atom is -0.465 e. The Kier molecular flexibility index (Phi) is 3.94. The van der Waals surface area contributed by atoms with Gasteiger partial charge >= 0.3 is 0 Å². The number of carbonyl (C=O) groups excluding carboxylic acids is 1. The number of halogens is 2. The van der Waals surface area contributed by atoms with Crippen molar-refractivity contribution in [2.24, 2.45) is 0 Å². The van der Waals surface area contributed by atoms with E-state index in [0.29, 0.717) is 27.9 Å². The van der Waals surface area contributed by atoms with Crippen molar-refractivity contribution in [3.63, 3.8) is 0 Å². The molecule has 0 bridgehead atoms. The van der Waals surface area contributed by atoms with Gasteiger partial charge < -0.3 is 9.73 Å². The van der Waals surface area contributed by atoms with Crippen LogP contribution in [0.15, 0.2) is 34.7 Å². The summed E-state index contributed by atoms with van der Waals surface area (Å²) in [6.45, 7) is 2.18. The van der Waals surface area contributed by atoms with E-state index in [1.165, 1.54) is 0 Å². The van der Waals surface area contributed by atoms with E-state index in [2.05, 4.69) is 5.32 Å². The van der Waals surface area contributed by atoms with Gasteiger partial charge in [-0.1, -0.05) is 23.2 Å². The van der Waals surface area contributed by atoms with Crippen LogP contribution in [0.1, 0.15) is 21.9 Å². The van der Waals surface area contributed by atoms with Crippen LogP contribution in [-0.4, -0.2) is 5.91 Å². The van der Waals surface area contributed by atoms with Crippen molar-refractivity contribution < 1.29 is 9.21 Å². The average molecular weight is 284 g/mol. The number of nitrogens with one attached hydrogen (secondary N) is 1. The quantitative estimate of drug-likeness (QED) is 0.930. The van der Waals surface area contributed by atoms with Crippen LogP contribution in [-0.2, 0) is 6.54 Å². The maximum atomic E-state index is 11.9. The van der Waals surface area contributed by atoms with E-state index < -0.39 is 0 Å². The highest BCUT2D eigenvalue weighted by Crippen LogP contribution is 2.19. The highest BCUT2D eigenvalue weighted by molar-refractivity contribution is 6.35. The van der Waals surface area contributed by atoms with E-state index in [9.17, 15) is 4.79 Å². The lowest BCUT2D eigenvalue weighted by molar-refractivity contribution is 0.0948. The summed E-state index contributed by atoms with van der Waals surface area (Å²) in [5.41, 5.74) is 0.427. The second kappa shape index (κ2) is 5.46. The van der Waals surface area contributed by atoms with Gasteiger partial charge in [0.1, 0.15) is 11.5 Å². The summed E-state index contributed by atoms with van der Waals surface area (Å²) in [5, 5.41) is 3.60. The molecule has 1 heterocycles. The first-order chi connectivity index (χ1) is 8.54. The molecule has 0 aliphatic heterocycles. The lowest BCUT2D eigenvalue weighted by Gasteiger charge is -2.04. The summed E-state index contributed by atoms with van der Waals surface area (Å²) >= 11 is 11.7.